The minimum Gasteiger partial charge on any atom is -0.465 e. The van der Waals surface area contributed by atoms with E-state index in [2.05, 4.69) is 14.2 Å². The fourth-order valence-corrected chi connectivity index (χ4v) is 5.19. The molecule has 11 heteroatoms. The first-order valence-corrected chi connectivity index (χ1v) is 10.4. The van der Waals surface area contributed by atoms with E-state index >= 15 is 0 Å². The van der Waals surface area contributed by atoms with Crippen LogP contribution in [0.15, 0.2) is 46.7 Å². The van der Waals surface area contributed by atoms with Gasteiger partial charge >= 0.3 is 12.1 Å². The van der Waals surface area contributed by atoms with Gasteiger partial charge in [0.15, 0.2) is 6.61 Å². The van der Waals surface area contributed by atoms with Crippen LogP contribution in [-0.2, 0) is 24.3 Å². The Bertz CT molecular complexity index is 986. The van der Waals surface area contributed by atoms with Gasteiger partial charge in [-0.15, -0.1) is 11.3 Å². The fraction of sp³-hybridized carbons (Fsp3) is 0.235. The molecule has 1 saturated heterocycles. The molecule has 1 N–H and O–H groups in total. The molecule has 1 unspecified atom stereocenters. The van der Waals surface area contributed by atoms with Crippen molar-refractivity contribution in [1.29, 1.82) is 0 Å². The lowest BCUT2D eigenvalue weighted by atomic mass is 10.1. The van der Waals surface area contributed by atoms with Gasteiger partial charge in [-0.2, -0.15) is 0 Å². The Morgan fingerprint density at radius 3 is 2.61 bits per heavy atom. The van der Waals surface area contributed by atoms with Crippen molar-refractivity contribution in [3.8, 4) is 0 Å². The molecule has 0 aliphatic carbocycles. The summed E-state index contributed by atoms with van der Waals surface area (Å²) >= 11 is 0.933. The minimum atomic E-state index is -4.16. The standard InChI is InChI=1S/C17H16N2O7S2/c1-25-16(21)15-13(7-8-27-15)28(23,24)18-12(11-5-3-2-4-6-11)9-19-14(20)10-26-17(19)22/h2-8,12,18H,9-10H2,1H3. The molecule has 148 valence electrons. The molecular weight excluding hydrogens is 408 g/mol. The summed E-state index contributed by atoms with van der Waals surface area (Å²) in [5.74, 6) is -1.33. The zero-order valence-corrected chi connectivity index (χ0v) is 16.3. The van der Waals surface area contributed by atoms with Crippen molar-refractivity contribution in [2.75, 3.05) is 20.3 Å². The number of amides is 2. The Morgan fingerprint density at radius 2 is 2.00 bits per heavy atom. The molecular formula is C17H16N2O7S2. The van der Waals surface area contributed by atoms with Crippen LogP contribution >= 0.6 is 11.3 Å². The first kappa shape index (κ1) is 20.0. The molecule has 1 aliphatic heterocycles. The Kier molecular flexibility index (Phi) is 5.77. The number of hydrogen-bond donors (Lipinski definition) is 1. The van der Waals surface area contributed by atoms with Crippen molar-refractivity contribution in [1.82, 2.24) is 9.62 Å². The highest BCUT2D eigenvalue weighted by atomic mass is 32.2. The van der Waals surface area contributed by atoms with Crippen LogP contribution in [0.5, 0.6) is 0 Å². The average molecular weight is 424 g/mol. The van der Waals surface area contributed by atoms with Crippen molar-refractivity contribution in [3.63, 3.8) is 0 Å². The zero-order valence-electron chi connectivity index (χ0n) is 14.7. The second kappa shape index (κ2) is 8.09. The van der Waals surface area contributed by atoms with E-state index in [-0.39, 0.29) is 22.9 Å². The molecule has 1 aromatic heterocycles. The third-order valence-corrected chi connectivity index (χ3v) is 6.53. The van der Waals surface area contributed by atoms with Gasteiger partial charge in [-0.1, -0.05) is 30.3 Å². The first-order chi connectivity index (χ1) is 13.3. The lowest BCUT2D eigenvalue weighted by Crippen LogP contribution is -2.40. The Hall–Kier alpha value is -2.76. The van der Waals surface area contributed by atoms with E-state index in [1.807, 2.05) is 0 Å². The lowest BCUT2D eigenvalue weighted by Gasteiger charge is -2.22. The van der Waals surface area contributed by atoms with Gasteiger partial charge in [0, 0.05) is 0 Å². The lowest BCUT2D eigenvalue weighted by molar-refractivity contribution is -0.126. The molecule has 1 atom stereocenters. The molecule has 2 amide bonds. The molecule has 1 aliphatic rings. The van der Waals surface area contributed by atoms with Gasteiger partial charge in [0.05, 0.1) is 19.7 Å². The SMILES string of the molecule is COC(=O)c1sccc1S(=O)(=O)NC(CN1C(=O)COC1=O)c1ccccc1. The number of cyclic esters (lactones) is 1. The number of ether oxygens (including phenoxy) is 2. The quantitative estimate of drug-likeness (QED) is 0.670. The van der Waals surface area contributed by atoms with Gasteiger partial charge in [-0.25, -0.2) is 27.6 Å². The maximum atomic E-state index is 12.9. The second-order valence-corrected chi connectivity index (χ2v) is 8.35. The average Bonchev–Trinajstić information content (AvgIpc) is 3.30. The summed E-state index contributed by atoms with van der Waals surface area (Å²) in [5, 5.41) is 1.46. The molecule has 9 nitrogen and oxygen atoms in total. The van der Waals surface area contributed by atoms with Crippen LogP contribution in [0, 0.1) is 0 Å². The van der Waals surface area contributed by atoms with Gasteiger partial charge in [0.1, 0.15) is 9.77 Å². The fourth-order valence-electron chi connectivity index (χ4n) is 2.64. The molecule has 3 rings (SSSR count). The van der Waals surface area contributed by atoms with E-state index in [4.69, 9.17) is 0 Å². The Morgan fingerprint density at radius 1 is 1.29 bits per heavy atom. The molecule has 28 heavy (non-hydrogen) atoms. The maximum absolute atomic E-state index is 12.9. The monoisotopic (exact) mass is 424 g/mol. The number of thiophene rings is 1. The van der Waals surface area contributed by atoms with Crippen LogP contribution in [0.2, 0.25) is 0 Å². The summed E-state index contributed by atoms with van der Waals surface area (Å²) in [6.07, 6.45) is -0.837. The number of nitrogens with one attached hydrogen (secondary N) is 1. The maximum Gasteiger partial charge on any atom is 0.417 e. The van der Waals surface area contributed by atoms with E-state index in [0.717, 1.165) is 23.3 Å². The third-order valence-electron chi connectivity index (χ3n) is 3.99. The van der Waals surface area contributed by atoms with E-state index < -0.39 is 34.0 Å². The predicted octanol–water partition coefficient (Wildman–Crippen LogP) is 1.53. The van der Waals surface area contributed by atoms with Gasteiger partial charge in [-0.3, -0.25) is 4.79 Å². The largest absolute Gasteiger partial charge is 0.465 e. The third kappa shape index (κ3) is 4.06. The zero-order chi connectivity index (χ0) is 20.3. The summed E-state index contributed by atoms with van der Waals surface area (Å²) in [6, 6.07) is 8.82. The number of carbonyl (C=O) groups is 3. The van der Waals surface area contributed by atoms with E-state index in [9.17, 15) is 22.8 Å². The summed E-state index contributed by atoms with van der Waals surface area (Å²) in [4.78, 5) is 36.0. The van der Waals surface area contributed by atoms with Crippen molar-refractivity contribution in [3.05, 3.63) is 52.2 Å². The van der Waals surface area contributed by atoms with E-state index in [1.54, 1.807) is 30.3 Å². The molecule has 0 spiro atoms. The Balaban J connectivity index is 1.93. The summed E-state index contributed by atoms with van der Waals surface area (Å²) in [6.45, 7) is -0.636. The van der Waals surface area contributed by atoms with Gasteiger partial charge in [-0.05, 0) is 17.0 Å². The van der Waals surface area contributed by atoms with Crippen molar-refractivity contribution < 1.29 is 32.3 Å². The van der Waals surface area contributed by atoms with Crippen LogP contribution in [0.3, 0.4) is 0 Å². The predicted molar refractivity (Wildman–Crippen MR) is 98.2 cm³/mol. The number of sulfonamides is 1. The van der Waals surface area contributed by atoms with Crippen molar-refractivity contribution in [2.24, 2.45) is 0 Å². The second-order valence-electron chi connectivity index (χ2n) is 5.75. The smallest absolute Gasteiger partial charge is 0.417 e. The molecule has 1 aromatic carbocycles. The normalized spacial score (nSPS) is 15.4. The van der Waals surface area contributed by atoms with Crippen molar-refractivity contribution in [2.45, 2.75) is 10.9 Å². The Labute approximate surface area is 164 Å². The summed E-state index contributed by atoms with van der Waals surface area (Å²) in [7, 11) is -3.00. The number of hydrogen-bond acceptors (Lipinski definition) is 8. The van der Waals surface area contributed by atoms with Crippen LogP contribution < -0.4 is 4.72 Å². The van der Waals surface area contributed by atoms with Gasteiger partial charge in [0.25, 0.3) is 5.91 Å². The first-order valence-electron chi connectivity index (χ1n) is 8.03. The molecule has 0 bridgehead atoms. The number of esters is 1. The van der Waals surface area contributed by atoms with Crippen molar-refractivity contribution >= 4 is 39.3 Å². The summed E-state index contributed by atoms with van der Waals surface area (Å²) < 4.78 is 37.6. The van der Waals surface area contributed by atoms with Crippen LogP contribution in [-0.4, -0.2) is 51.5 Å². The number of carbonyl (C=O) groups excluding carboxylic acids is 3. The molecule has 0 radical (unpaired) electrons. The molecule has 2 aromatic rings. The van der Waals surface area contributed by atoms with Crippen LogP contribution in [0.25, 0.3) is 0 Å². The van der Waals surface area contributed by atoms with Crippen LogP contribution in [0.4, 0.5) is 4.79 Å². The van der Waals surface area contributed by atoms with Gasteiger partial charge < -0.3 is 9.47 Å². The molecule has 1 fully saturated rings. The van der Waals surface area contributed by atoms with Gasteiger partial charge in [0.2, 0.25) is 10.0 Å². The highest BCUT2D eigenvalue weighted by Gasteiger charge is 2.35. The number of benzene rings is 1. The number of methoxy groups -OCH3 is 1. The highest BCUT2D eigenvalue weighted by Crippen LogP contribution is 2.26. The number of imide groups is 1. The van der Waals surface area contributed by atoms with Crippen LogP contribution in [0.1, 0.15) is 21.3 Å². The minimum absolute atomic E-state index is 0.0709. The summed E-state index contributed by atoms with van der Waals surface area (Å²) in [5.41, 5.74) is 0.536. The highest BCUT2D eigenvalue weighted by molar-refractivity contribution is 7.89. The number of nitrogens with zero attached hydrogens (tertiary/aromatic N) is 1. The van der Waals surface area contributed by atoms with E-state index in [0.29, 0.717) is 5.56 Å². The van der Waals surface area contributed by atoms with E-state index in [1.165, 1.54) is 11.4 Å². The number of rotatable bonds is 7. The topological polar surface area (TPSA) is 119 Å². The molecule has 0 saturated carbocycles. The molecule has 2 heterocycles.